The molecule has 0 saturated carbocycles. The minimum Gasteiger partial charge on any atom is -0.480 e. The SMILES string of the molecule is CC(C)C[C@H](N)C(=O)N[C@H](C(=O)NCC(=O)N[C@H](C(=O)N[C@@H](Cc1ccccc1)C(=O)O)[C@@H](C)O)C(C)C. The van der Waals surface area contributed by atoms with E-state index in [4.69, 9.17) is 5.73 Å². The molecule has 12 heteroatoms. The maximum Gasteiger partial charge on any atom is 0.326 e. The molecule has 0 heterocycles. The van der Waals surface area contributed by atoms with E-state index in [1.165, 1.54) is 6.92 Å². The Balaban J connectivity index is 2.75. The number of carbonyl (C=O) groups is 5. The molecule has 4 amide bonds. The van der Waals surface area contributed by atoms with Crippen LogP contribution in [0.2, 0.25) is 0 Å². The number of hydrogen-bond acceptors (Lipinski definition) is 7. The quantitative estimate of drug-likeness (QED) is 0.153. The second-order valence-electron chi connectivity index (χ2n) is 10.1. The zero-order chi connectivity index (χ0) is 29.0. The standard InChI is InChI=1S/C26H41N5O7/c1-14(2)11-18(27)23(34)31-21(15(3)4)24(35)28-13-20(33)30-22(16(5)32)25(36)29-19(26(37)38)12-17-9-7-6-8-10-17/h6-10,14-16,18-19,21-22,32H,11-13,27H2,1-5H3,(H,28,35)(H,29,36)(H,30,33)(H,31,34)(H,37,38)/t16-,18+,19+,21+,22+/m1/s1. The van der Waals surface area contributed by atoms with Crippen LogP contribution in [0.5, 0.6) is 0 Å². The fourth-order valence-electron chi connectivity index (χ4n) is 3.63. The summed E-state index contributed by atoms with van der Waals surface area (Å²) >= 11 is 0. The number of aliphatic carboxylic acids is 1. The maximum absolute atomic E-state index is 12.7. The second-order valence-corrected chi connectivity index (χ2v) is 10.1. The van der Waals surface area contributed by atoms with Gasteiger partial charge in [0, 0.05) is 6.42 Å². The Bertz CT molecular complexity index is 953. The molecule has 0 fully saturated rings. The van der Waals surface area contributed by atoms with Gasteiger partial charge in [-0.1, -0.05) is 58.0 Å². The summed E-state index contributed by atoms with van der Waals surface area (Å²) in [5.74, 6) is -4.18. The Morgan fingerprint density at radius 2 is 1.45 bits per heavy atom. The molecule has 0 aliphatic carbocycles. The molecule has 1 aromatic carbocycles. The van der Waals surface area contributed by atoms with E-state index in [-0.39, 0.29) is 18.3 Å². The summed E-state index contributed by atoms with van der Waals surface area (Å²) in [5.41, 5.74) is 6.57. The van der Waals surface area contributed by atoms with Crippen LogP contribution in [-0.4, -0.2) is 76.6 Å². The number of aliphatic hydroxyl groups excluding tert-OH is 1. The molecule has 0 bridgehead atoms. The van der Waals surface area contributed by atoms with Crippen LogP contribution in [-0.2, 0) is 30.4 Å². The van der Waals surface area contributed by atoms with Gasteiger partial charge >= 0.3 is 5.97 Å². The molecule has 212 valence electrons. The van der Waals surface area contributed by atoms with E-state index in [1.54, 1.807) is 44.2 Å². The van der Waals surface area contributed by atoms with Crippen molar-refractivity contribution in [1.29, 1.82) is 0 Å². The molecule has 0 aliphatic heterocycles. The minimum absolute atomic E-state index is 0.00157. The van der Waals surface area contributed by atoms with Crippen LogP contribution in [0, 0.1) is 11.8 Å². The molecule has 0 saturated heterocycles. The molecule has 38 heavy (non-hydrogen) atoms. The third-order valence-electron chi connectivity index (χ3n) is 5.71. The smallest absolute Gasteiger partial charge is 0.326 e. The van der Waals surface area contributed by atoms with Crippen LogP contribution in [0.15, 0.2) is 30.3 Å². The third kappa shape index (κ3) is 11.3. The zero-order valence-electron chi connectivity index (χ0n) is 22.6. The van der Waals surface area contributed by atoms with Crippen molar-refractivity contribution in [3.8, 4) is 0 Å². The van der Waals surface area contributed by atoms with Crippen LogP contribution in [0.25, 0.3) is 0 Å². The summed E-state index contributed by atoms with van der Waals surface area (Å²) < 4.78 is 0. The fraction of sp³-hybridized carbons (Fsp3) is 0.577. The van der Waals surface area contributed by atoms with E-state index in [0.29, 0.717) is 12.0 Å². The van der Waals surface area contributed by atoms with Crippen molar-refractivity contribution in [3.05, 3.63) is 35.9 Å². The number of carboxylic acids is 1. The topological polar surface area (TPSA) is 200 Å². The lowest BCUT2D eigenvalue weighted by molar-refractivity contribution is -0.142. The van der Waals surface area contributed by atoms with Crippen molar-refractivity contribution in [1.82, 2.24) is 21.3 Å². The second kappa shape index (κ2) is 15.7. The van der Waals surface area contributed by atoms with Gasteiger partial charge in [0.25, 0.3) is 0 Å². The van der Waals surface area contributed by atoms with E-state index in [9.17, 15) is 34.2 Å². The van der Waals surface area contributed by atoms with Crippen molar-refractivity contribution < 1.29 is 34.2 Å². The molecule has 0 aliphatic rings. The largest absolute Gasteiger partial charge is 0.480 e. The highest BCUT2D eigenvalue weighted by Crippen LogP contribution is 2.07. The van der Waals surface area contributed by atoms with E-state index in [1.807, 2.05) is 13.8 Å². The summed E-state index contributed by atoms with van der Waals surface area (Å²) in [6.45, 7) is 8.01. The molecule has 12 nitrogen and oxygen atoms in total. The Labute approximate surface area is 223 Å². The zero-order valence-corrected chi connectivity index (χ0v) is 22.6. The Morgan fingerprint density at radius 3 is 1.95 bits per heavy atom. The first-order chi connectivity index (χ1) is 17.7. The summed E-state index contributed by atoms with van der Waals surface area (Å²) in [6, 6.07) is 4.18. The summed E-state index contributed by atoms with van der Waals surface area (Å²) in [7, 11) is 0. The van der Waals surface area contributed by atoms with Crippen molar-refractivity contribution in [2.24, 2.45) is 17.6 Å². The number of hydrogen-bond donors (Lipinski definition) is 7. The lowest BCUT2D eigenvalue weighted by Gasteiger charge is -2.25. The molecule has 0 radical (unpaired) electrons. The van der Waals surface area contributed by atoms with Gasteiger partial charge in [-0.05, 0) is 30.7 Å². The molecule has 1 aromatic rings. The Hall–Kier alpha value is -3.51. The highest BCUT2D eigenvalue weighted by atomic mass is 16.4. The van der Waals surface area contributed by atoms with Gasteiger partial charge in [0.1, 0.15) is 18.1 Å². The number of amides is 4. The molecular formula is C26H41N5O7. The van der Waals surface area contributed by atoms with Gasteiger partial charge in [0.05, 0.1) is 18.7 Å². The number of rotatable bonds is 15. The molecule has 0 unspecified atom stereocenters. The number of carbonyl (C=O) groups excluding carboxylic acids is 4. The number of nitrogens with two attached hydrogens (primary N) is 1. The van der Waals surface area contributed by atoms with Gasteiger partial charge in [-0.25, -0.2) is 4.79 Å². The predicted molar refractivity (Wildman–Crippen MR) is 141 cm³/mol. The normalized spacial score (nSPS) is 15.1. The van der Waals surface area contributed by atoms with Crippen molar-refractivity contribution >= 4 is 29.6 Å². The molecular weight excluding hydrogens is 494 g/mol. The van der Waals surface area contributed by atoms with Crippen LogP contribution in [0.3, 0.4) is 0 Å². The first-order valence-corrected chi connectivity index (χ1v) is 12.6. The number of carboxylic acid groups (broad SMARTS) is 1. The minimum atomic E-state index is -1.47. The first kappa shape index (κ1) is 32.5. The number of nitrogens with one attached hydrogen (secondary N) is 4. The van der Waals surface area contributed by atoms with Crippen LogP contribution < -0.4 is 27.0 Å². The number of benzene rings is 1. The molecule has 1 rings (SSSR count). The van der Waals surface area contributed by atoms with Crippen LogP contribution >= 0.6 is 0 Å². The molecule has 0 aromatic heterocycles. The average Bonchev–Trinajstić information content (AvgIpc) is 2.83. The molecule has 0 spiro atoms. The number of aliphatic hydroxyl groups is 1. The molecule has 8 N–H and O–H groups in total. The molecule has 5 atom stereocenters. The average molecular weight is 536 g/mol. The summed E-state index contributed by atoms with van der Waals surface area (Å²) in [4.78, 5) is 61.9. The van der Waals surface area contributed by atoms with Crippen molar-refractivity contribution in [2.75, 3.05) is 6.54 Å². The fourth-order valence-corrected chi connectivity index (χ4v) is 3.63. The van der Waals surface area contributed by atoms with Crippen molar-refractivity contribution in [3.63, 3.8) is 0 Å². The van der Waals surface area contributed by atoms with Gasteiger partial charge < -0.3 is 37.2 Å². The van der Waals surface area contributed by atoms with E-state index in [2.05, 4.69) is 21.3 Å². The highest BCUT2D eigenvalue weighted by molar-refractivity contribution is 5.94. The van der Waals surface area contributed by atoms with Gasteiger partial charge in [0.2, 0.25) is 23.6 Å². The summed E-state index contributed by atoms with van der Waals surface area (Å²) in [5, 5.41) is 29.2. The highest BCUT2D eigenvalue weighted by Gasteiger charge is 2.31. The van der Waals surface area contributed by atoms with Gasteiger partial charge in [0.15, 0.2) is 0 Å². The third-order valence-corrected chi connectivity index (χ3v) is 5.71. The lowest BCUT2D eigenvalue weighted by Crippen LogP contribution is -2.58. The van der Waals surface area contributed by atoms with Gasteiger partial charge in [-0.2, -0.15) is 0 Å². The Morgan fingerprint density at radius 1 is 0.842 bits per heavy atom. The lowest BCUT2D eigenvalue weighted by atomic mass is 10.0. The summed E-state index contributed by atoms with van der Waals surface area (Å²) in [6.07, 6.45) is -0.912. The Kier molecular flexibility index (Phi) is 13.4. The van der Waals surface area contributed by atoms with Gasteiger partial charge in [-0.3, -0.25) is 19.2 Å². The van der Waals surface area contributed by atoms with Crippen LogP contribution in [0.4, 0.5) is 0 Å². The van der Waals surface area contributed by atoms with E-state index < -0.39 is 66.4 Å². The first-order valence-electron chi connectivity index (χ1n) is 12.6. The van der Waals surface area contributed by atoms with Crippen LogP contribution in [0.1, 0.15) is 46.6 Å². The van der Waals surface area contributed by atoms with Crippen molar-refractivity contribution in [2.45, 2.75) is 77.7 Å². The van der Waals surface area contributed by atoms with Gasteiger partial charge in [-0.15, -0.1) is 0 Å². The monoisotopic (exact) mass is 535 g/mol. The van der Waals surface area contributed by atoms with E-state index >= 15 is 0 Å². The van der Waals surface area contributed by atoms with E-state index in [0.717, 1.165) is 0 Å². The maximum atomic E-state index is 12.7. The predicted octanol–water partition coefficient (Wildman–Crippen LogP) is -0.705.